The Balaban J connectivity index is 2.11. The molecule has 0 fully saturated rings. The highest BCUT2D eigenvalue weighted by atomic mass is 19.4. The summed E-state index contributed by atoms with van der Waals surface area (Å²) in [7, 11) is 0. The van der Waals surface area contributed by atoms with Gasteiger partial charge in [0.15, 0.2) is 5.69 Å². The second-order valence-electron chi connectivity index (χ2n) is 5.86. The first-order valence-corrected chi connectivity index (χ1v) is 7.65. The minimum atomic E-state index is -4.87. The van der Waals surface area contributed by atoms with Crippen LogP contribution in [0.15, 0.2) is 42.5 Å². The van der Waals surface area contributed by atoms with E-state index in [9.17, 15) is 39.5 Å². The van der Waals surface area contributed by atoms with Gasteiger partial charge in [-0.3, -0.25) is 5.10 Å². The van der Waals surface area contributed by atoms with Crippen LogP contribution in [-0.2, 0) is 18.5 Å². The van der Waals surface area contributed by atoms with Gasteiger partial charge in [0.2, 0.25) is 0 Å². The third kappa shape index (κ3) is 4.51. The number of nitrogens with one attached hydrogen (secondary N) is 1. The summed E-state index contributed by atoms with van der Waals surface area (Å²) in [6, 6.07) is 4.75. The van der Waals surface area contributed by atoms with E-state index in [1.165, 1.54) is 0 Å². The van der Waals surface area contributed by atoms with Gasteiger partial charge >= 0.3 is 18.5 Å². The largest absolute Gasteiger partial charge is 0.435 e. The average Bonchev–Trinajstić information content (AvgIpc) is 3.10. The maximum atomic E-state index is 13.2. The molecular weight excluding hydrogens is 417 g/mol. The van der Waals surface area contributed by atoms with Gasteiger partial charge in [0.05, 0.1) is 28.2 Å². The Morgan fingerprint density at radius 1 is 0.621 bits per heavy atom. The van der Waals surface area contributed by atoms with Crippen LogP contribution in [0.1, 0.15) is 16.8 Å². The average molecular weight is 425 g/mol. The third-order valence-electron chi connectivity index (χ3n) is 3.80. The summed E-state index contributed by atoms with van der Waals surface area (Å²) < 4.78 is 116. The summed E-state index contributed by atoms with van der Waals surface area (Å²) in [6.45, 7) is 0. The Bertz CT molecular complexity index is 1010. The van der Waals surface area contributed by atoms with E-state index in [1.54, 1.807) is 0 Å². The quantitative estimate of drug-likeness (QED) is 0.497. The second kappa shape index (κ2) is 6.78. The van der Waals surface area contributed by atoms with Gasteiger partial charge in [-0.15, -0.1) is 0 Å². The smallest absolute Gasteiger partial charge is 0.276 e. The van der Waals surface area contributed by atoms with E-state index in [-0.39, 0.29) is 11.3 Å². The fraction of sp³-hybridized carbons (Fsp3) is 0.176. The van der Waals surface area contributed by atoms with Crippen LogP contribution < -0.4 is 0 Å². The van der Waals surface area contributed by atoms with Gasteiger partial charge in [-0.1, -0.05) is 12.1 Å². The Morgan fingerprint density at radius 3 is 1.66 bits per heavy atom. The Hall–Kier alpha value is -3.05. The highest BCUT2D eigenvalue weighted by Gasteiger charge is 2.35. The number of pyridine rings is 1. The van der Waals surface area contributed by atoms with Crippen molar-refractivity contribution in [2.45, 2.75) is 18.5 Å². The molecule has 2 heterocycles. The number of rotatable bonds is 2. The number of aromatic amines is 1. The summed E-state index contributed by atoms with van der Waals surface area (Å²) in [5.41, 5.74) is -5.00. The van der Waals surface area contributed by atoms with E-state index in [0.29, 0.717) is 30.3 Å². The van der Waals surface area contributed by atoms with Gasteiger partial charge < -0.3 is 0 Å². The lowest BCUT2D eigenvalue weighted by Crippen LogP contribution is -2.07. The molecule has 0 amide bonds. The van der Waals surface area contributed by atoms with Gasteiger partial charge in [-0.25, -0.2) is 4.98 Å². The zero-order valence-electron chi connectivity index (χ0n) is 13.8. The molecule has 0 saturated carbocycles. The van der Waals surface area contributed by atoms with Crippen LogP contribution in [0.5, 0.6) is 0 Å². The predicted octanol–water partition coefficient (Wildman–Crippen LogP) is 6.20. The van der Waals surface area contributed by atoms with Crippen molar-refractivity contribution in [3.63, 3.8) is 0 Å². The van der Waals surface area contributed by atoms with Crippen molar-refractivity contribution in [3.8, 4) is 22.6 Å². The lowest BCUT2D eigenvalue weighted by Gasteiger charge is -2.12. The monoisotopic (exact) mass is 425 g/mol. The Labute approximate surface area is 156 Å². The second-order valence-corrected chi connectivity index (χ2v) is 5.86. The zero-order chi connectivity index (χ0) is 21.6. The number of hydrogen-bond donors (Lipinski definition) is 1. The maximum absolute atomic E-state index is 13.2. The van der Waals surface area contributed by atoms with E-state index in [1.807, 2.05) is 5.10 Å². The Morgan fingerprint density at radius 2 is 1.17 bits per heavy atom. The normalized spacial score (nSPS) is 13.0. The fourth-order valence-corrected chi connectivity index (χ4v) is 2.41. The molecule has 3 aromatic rings. The molecule has 0 saturated heterocycles. The topological polar surface area (TPSA) is 41.6 Å². The third-order valence-corrected chi connectivity index (χ3v) is 3.80. The highest BCUT2D eigenvalue weighted by Crippen LogP contribution is 2.36. The van der Waals surface area contributed by atoms with Crippen molar-refractivity contribution >= 4 is 0 Å². The van der Waals surface area contributed by atoms with E-state index in [2.05, 4.69) is 10.1 Å². The molecule has 0 bridgehead atoms. The van der Waals surface area contributed by atoms with Crippen LogP contribution >= 0.6 is 0 Å². The first kappa shape index (κ1) is 20.7. The molecule has 1 aromatic carbocycles. The van der Waals surface area contributed by atoms with E-state index in [0.717, 1.165) is 12.1 Å². The molecule has 2 aromatic heterocycles. The molecule has 3 nitrogen and oxygen atoms in total. The predicted molar refractivity (Wildman–Crippen MR) is 82.3 cm³/mol. The minimum Gasteiger partial charge on any atom is -0.276 e. The van der Waals surface area contributed by atoms with Gasteiger partial charge in [0.1, 0.15) is 0 Å². The van der Waals surface area contributed by atoms with Crippen LogP contribution in [0.4, 0.5) is 39.5 Å². The molecule has 0 spiro atoms. The molecule has 0 aliphatic rings. The number of nitrogens with zero attached hydrogens (tertiary/aromatic N) is 2. The lowest BCUT2D eigenvalue weighted by molar-refractivity contribution is -0.141. The van der Waals surface area contributed by atoms with E-state index in [4.69, 9.17) is 0 Å². The number of alkyl halides is 9. The molecule has 1 N–H and O–H groups in total. The summed E-state index contributed by atoms with van der Waals surface area (Å²) in [5.74, 6) is 0. The summed E-state index contributed by atoms with van der Waals surface area (Å²) in [5, 5.41) is 4.97. The molecule has 0 aliphatic heterocycles. The molecule has 3 rings (SSSR count). The molecule has 154 valence electrons. The number of halogens is 9. The molecule has 0 aliphatic carbocycles. The van der Waals surface area contributed by atoms with Crippen molar-refractivity contribution in [2.75, 3.05) is 0 Å². The minimum absolute atomic E-state index is 0.0825. The summed E-state index contributed by atoms with van der Waals surface area (Å²) in [6.07, 6.45) is -14.3. The van der Waals surface area contributed by atoms with Crippen LogP contribution in [0.2, 0.25) is 0 Å². The van der Waals surface area contributed by atoms with E-state index < -0.39 is 46.7 Å². The lowest BCUT2D eigenvalue weighted by atomic mass is 10.0. The SMILES string of the molecule is FC(F)(F)c1ccc(-c2cc(C(F)(F)F)cc(-c3cc(C(F)(F)F)n[nH]3)n2)cc1. The van der Waals surface area contributed by atoms with Gasteiger partial charge in [-0.2, -0.15) is 44.6 Å². The van der Waals surface area contributed by atoms with Crippen molar-refractivity contribution in [2.24, 2.45) is 0 Å². The standard InChI is InChI=1S/C17H8F9N3/c18-15(19,20)9-3-1-8(2-4-9)11-5-10(16(21,22)23)6-12(27-11)13-7-14(29-28-13)17(24,25)26/h1-7H,(H,28,29). The number of benzene rings is 1. The zero-order valence-corrected chi connectivity index (χ0v) is 13.8. The van der Waals surface area contributed by atoms with Crippen molar-refractivity contribution in [1.82, 2.24) is 15.2 Å². The molecule has 0 unspecified atom stereocenters. The Kier molecular flexibility index (Phi) is 4.83. The first-order chi connectivity index (χ1) is 13.2. The summed E-state index contributed by atoms with van der Waals surface area (Å²) in [4.78, 5) is 3.85. The van der Waals surface area contributed by atoms with Gasteiger partial charge in [0, 0.05) is 5.56 Å². The maximum Gasteiger partial charge on any atom is 0.435 e. The number of aromatic nitrogens is 3. The highest BCUT2D eigenvalue weighted by molar-refractivity contribution is 5.66. The van der Waals surface area contributed by atoms with Crippen LogP contribution in [-0.4, -0.2) is 15.2 Å². The number of H-pyrrole nitrogens is 1. The molecule has 0 atom stereocenters. The van der Waals surface area contributed by atoms with Crippen LogP contribution in [0.3, 0.4) is 0 Å². The molecule has 0 radical (unpaired) electrons. The molecule has 29 heavy (non-hydrogen) atoms. The number of hydrogen-bond acceptors (Lipinski definition) is 2. The van der Waals surface area contributed by atoms with Crippen LogP contribution in [0, 0.1) is 0 Å². The molecular formula is C17H8F9N3. The van der Waals surface area contributed by atoms with E-state index >= 15 is 0 Å². The first-order valence-electron chi connectivity index (χ1n) is 7.65. The van der Waals surface area contributed by atoms with Crippen LogP contribution in [0.25, 0.3) is 22.6 Å². The van der Waals surface area contributed by atoms with Crippen molar-refractivity contribution in [1.29, 1.82) is 0 Å². The van der Waals surface area contributed by atoms with Gasteiger partial charge in [-0.05, 0) is 30.3 Å². The molecule has 12 heteroatoms. The fourth-order valence-electron chi connectivity index (χ4n) is 2.41. The van der Waals surface area contributed by atoms with Gasteiger partial charge in [0.25, 0.3) is 0 Å². The van der Waals surface area contributed by atoms with Crippen molar-refractivity contribution in [3.05, 3.63) is 59.3 Å². The summed E-state index contributed by atoms with van der Waals surface area (Å²) >= 11 is 0. The van der Waals surface area contributed by atoms with Crippen molar-refractivity contribution < 1.29 is 39.5 Å².